The van der Waals surface area contributed by atoms with E-state index in [-0.39, 0.29) is 11.9 Å². The van der Waals surface area contributed by atoms with Crippen LogP contribution in [0, 0.1) is 5.92 Å². The largest absolute Gasteiger partial charge is 0.352 e. The minimum atomic E-state index is 0.0769. The van der Waals surface area contributed by atoms with Gasteiger partial charge in [-0.1, -0.05) is 37.3 Å². The Labute approximate surface area is 115 Å². The van der Waals surface area contributed by atoms with Gasteiger partial charge in [0.25, 0.3) is 0 Å². The fourth-order valence-electron chi connectivity index (χ4n) is 2.93. The van der Waals surface area contributed by atoms with Crippen molar-refractivity contribution >= 4 is 5.91 Å². The summed E-state index contributed by atoms with van der Waals surface area (Å²) in [5, 5.41) is 3.18. The Bertz CT molecular complexity index is 445. The minimum absolute atomic E-state index is 0.0769. The first-order valence-corrected chi connectivity index (χ1v) is 7.32. The highest BCUT2D eigenvalue weighted by atomic mass is 16.2. The molecule has 1 N–H and O–H groups in total. The maximum atomic E-state index is 12.3. The predicted molar refractivity (Wildman–Crippen MR) is 75.6 cm³/mol. The molecule has 3 rings (SSSR count). The summed E-state index contributed by atoms with van der Waals surface area (Å²) in [5.74, 6) is 0.913. The van der Waals surface area contributed by atoms with Crippen LogP contribution in [0.1, 0.15) is 31.7 Å². The second kappa shape index (κ2) is 5.33. The van der Waals surface area contributed by atoms with Crippen LogP contribution in [-0.4, -0.2) is 29.4 Å². The molecule has 2 fully saturated rings. The molecule has 0 bridgehead atoms. The van der Waals surface area contributed by atoms with Gasteiger partial charge in [-0.15, -0.1) is 0 Å². The van der Waals surface area contributed by atoms with E-state index < -0.39 is 0 Å². The molecular weight excluding hydrogens is 236 g/mol. The van der Waals surface area contributed by atoms with Gasteiger partial charge in [0.1, 0.15) is 0 Å². The Balaban J connectivity index is 1.59. The van der Waals surface area contributed by atoms with Crippen LogP contribution >= 0.6 is 0 Å². The van der Waals surface area contributed by atoms with Crippen LogP contribution in [-0.2, 0) is 11.3 Å². The van der Waals surface area contributed by atoms with Gasteiger partial charge >= 0.3 is 0 Å². The number of rotatable bonds is 4. The number of carbonyl (C=O) groups is 1. The summed E-state index contributed by atoms with van der Waals surface area (Å²) in [6.07, 6.45) is 3.28. The van der Waals surface area contributed by atoms with Crippen LogP contribution in [0.4, 0.5) is 0 Å². The lowest BCUT2D eigenvalue weighted by atomic mass is 10.1. The average molecular weight is 258 g/mol. The van der Waals surface area contributed by atoms with Crippen LogP contribution in [0.3, 0.4) is 0 Å². The Morgan fingerprint density at radius 1 is 1.37 bits per heavy atom. The average Bonchev–Trinajstić information content (AvgIpc) is 2.91. The highest BCUT2D eigenvalue weighted by molar-refractivity contribution is 5.82. The topological polar surface area (TPSA) is 32.3 Å². The van der Waals surface area contributed by atoms with E-state index in [0.717, 1.165) is 32.4 Å². The molecule has 102 valence electrons. The number of likely N-dealkylation sites (tertiary alicyclic amines) is 1. The molecule has 1 aromatic carbocycles. The molecule has 1 aromatic rings. The van der Waals surface area contributed by atoms with Gasteiger partial charge in [-0.25, -0.2) is 0 Å². The fraction of sp³-hybridized carbons (Fsp3) is 0.562. The molecule has 1 aliphatic carbocycles. The summed E-state index contributed by atoms with van der Waals surface area (Å²) >= 11 is 0. The van der Waals surface area contributed by atoms with E-state index in [2.05, 4.69) is 41.4 Å². The molecule has 1 heterocycles. The van der Waals surface area contributed by atoms with Crippen molar-refractivity contribution in [3.8, 4) is 0 Å². The maximum absolute atomic E-state index is 12.3. The van der Waals surface area contributed by atoms with Gasteiger partial charge in [0, 0.05) is 12.6 Å². The van der Waals surface area contributed by atoms with Crippen molar-refractivity contribution in [3.63, 3.8) is 0 Å². The third-order valence-corrected chi connectivity index (χ3v) is 4.33. The van der Waals surface area contributed by atoms with Gasteiger partial charge in [0.2, 0.25) is 5.91 Å². The number of amides is 1. The molecule has 3 heteroatoms. The molecule has 3 nitrogen and oxygen atoms in total. The highest BCUT2D eigenvalue weighted by Gasteiger charge is 2.38. The Hall–Kier alpha value is -1.35. The van der Waals surface area contributed by atoms with Crippen molar-refractivity contribution in [2.45, 2.75) is 44.8 Å². The number of hydrogen-bond acceptors (Lipinski definition) is 2. The van der Waals surface area contributed by atoms with E-state index in [9.17, 15) is 4.79 Å². The zero-order valence-electron chi connectivity index (χ0n) is 11.5. The molecule has 1 saturated heterocycles. The Morgan fingerprint density at radius 2 is 2.11 bits per heavy atom. The SMILES string of the molecule is CC1CC1NC(=O)C1CCCN1Cc1ccccc1. The highest BCUT2D eigenvalue weighted by Crippen LogP contribution is 2.30. The summed E-state index contributed by atoms with van der Waals surface area (Å²) in [6.45, 7) is 4.12. The lowest BCUT2D eigenvalue weighted by molar-refractivity contribution is -0.125. The first-order chi connectivity index (χ1) is 9.24. The van der Waals surface area contributed by atoms with Gasteiger partial charge in [0.15, 0.2) is 0 Å². The normalized spacial score (nSPS) is 30.3. The van der Waals surface area contributed by atoms with Crippen molar-refractivity contribution in [3.05, 3.63) is 35.9 Å². The van der Waals surface area contributed by atoms with Crippen LogP contribution < -0.4 is 5.32 Å². The number of nitrogens with one attached hydrogen (secondary N) is 1. The van der Waals surface area contributed by atoms with Crippen molar-refractivity contribution < 1.29 is 4.79 Å². The summed E-state index contributed by atoms with van der Waals surface area (Å²) in [7, 11) is 0. The molecule has 2 aliphatic rings. The van der Waals surface area contributed by atoms with Crippen LogP contribution in [0.5, 0.6) is 0 Å². The summed E-state index contributed by atoms with van der Waals surface area (Å²) < 4.78 is 0. The molecule has 0 radical (unpaired) electrons. The lowest BCUT2D eigenvalue weighted by Gasteiger charge is -2.23. The number of nitrogens with zero attached hydrogens (tertiary/aromatic N) is 1. The predicted octanol–water partition coefficient (Wildman–Crippen LogP) is 2.18. The molecule has 0 aromatic heterocycles. The van der Waals surface area contributed by atoms with Gasteiger partial charge in [-0.05, 0) is 37.3 Å². The summed E-state index contributed by atoms with van der Waals surface area (Å²) in [4.78, 5) is 14.6. The van der Waals surface area contributed by atoms with Crippen molar-refractivity contribution in [2.24, 2.45) is 5.92 Å². The second-order valence-electron chi connectivity index (χ2n) is 5.94. The van der Waals surface area contributed by atoms with Crippen molar-refractivity contribution in [2.75, 3.05) is 6.54 Å². The summed E-state index contributed by atoms with van der Waals surface area (Å²) in [6, 6.07) is 10.9. The quantitative estimate of drug-likeness (QED) is 0.897. The first-order valence-electron chi connectivity index (χ1n) is 7.32. The van der Waals surface area contributed by atoms with E-state index in [1.54, 1.807) is 0 Å². The number of benzene rings is 1. The summed E-state index contributed by atoms with van der Waals surface area (Å²) in [5.41, 5.74) is 1.29. The van der Waals surface area contributed by atoms with Crippen molar-refractivity contribution in [1.29, 1.82) is 0 Å². The molecule has 1 amide bonds. The molecule has 1 saturated carbocycles. The van der Waals surface area contributed by atoms with Crippen LogP contribution in [0.15, 0.2) is 30.3 Å². The Morgan fingerprint density at radius 3 is 2.79 bits per heavy atom. The molecule has 0 spiro atoms. The minimum Gasteiger partial charge on any atom is -0.352 e. The fourth-order valence-corrected chi connectivity index (χ4v) is 2.93. The molecule has 19 heavy (non-hydrogen) atoms. The van der Waals surface area contributed by atoms with Crippen LogP contribution in [0.25, 0.3) is 0 Å². The van der Waals surface area contributed by atoms with E-state index in [1.165, 1.54) is 5.56 Å². The third kappa shape index (κ3) is 2.98. The zero-order valence-corrected chi connectivity index (χ0v) is 11.5. The maximum Gasteiger partial charge on any atom is 0.237 e. The number of carbonyl (C=O) groups excluding carboxylic acids is 1. The van der Waals surface area contributed by atoms with E-state index >= 15 is 0 Å². The Kier molecular flexibility index (Phi) is 3.56. The number of hydrogen-bond donors (Lipinski definition) is 1. The van der Waals surface area contributed by atoms with E-state index in [4.69, 9.17) is 0 Å². The molecule has 1 aliphatic heterocycles. The van der Waals surface area contributed by atoms with E-state index in [1.807, 2.05) is 6.07 Å². The van der Waals surface area contributed by atoms with Crippen molar-refractivity contribution in [1.82, 2.24) is 10.2 Å². The van der Waals surface area contributed by atoms with E-state index in [0.29, 0.717) is 12.0 Å². The first kappa shape index (κ1) is 12.7. The van der Waals surface area contributed by atoms with Gasteiger partial charge < -0.3 is 5.32 Å². The third-order valence-electron chi connectivity index (χ3n) is 4.33. The van der Waals surface area contributed by atoms with Crippen LogP contribution in [0.2, 0.25) is 0 Å². The standard InChI is InChI=1S/C16H22N2O/c1-12-10-14(12)17-16(19)15-8-5-9-18(15)11-13-6-3-2-4-7-13/h2-4,6-7,12,14-15H,5,8-11H2,1H3,(H,17,19). The second-order valence-corrected chi connectivity index (χ2v) is 5.94. The molecule has 3 atom stereocenters. The molecule has 3 unspecified atom stereocenters. The van der Waals surface area contributed by atoms with Gasteiger partial charge in [-0.2, -0.15) is 0 Å². The van der Waals surface area contributed by atoms with Gasteiger partial charge in [-0.3, -0.25) is 9.69 Å². The smallest absolute Gasteiger partial charge is 0.237 e. The monoisotopic (exact) mass is 258 g/mol. The lowest BCUT2D eigenvalue weighted by Crippen LogP contribution is -2.43. The zero-order chi connectivity index (χ0) is 13.2. The van der Waals surface area contributed by atoms with Gasteiger partial charge in [0.05, 0.1) is 6.04 Å². The molecular formula is C16H22N2O.